The smallest absolute Gasteiger partial charge is 0.227 e. The molecule has 0 aromatic heterocycles. The Morgan fingerprint density at radius 2 is 1.84 bits per heavy atom. The van der Waals surface area contributed by atoms with Crippen LogP contribution in [0.2, 0.25) is 10.0 Å². The van der Waals surface area contributed by atoms with Gasteiger partial charge in [-0.25, -0.2) is 0 Å². The van der Waals surface area contributed by atoms with Crippen LogP contribution in [0, 0.1) is 5.92 Å². The Morgan fingerprint density at radius 1 is 1.12 bits per heavy atom. The fourth-order valence-electron chi connectivity index (χ4n) is 3.09. The number of hydrogen-bond donors (Lipinski definition) is 1. The molecule has 1 saturated heterocycles. The number of nitrogens with zero attached hydrogens (tertiary/aromatic N) is 1. The van der Waals surface area contributed by atoms with Gasteiger partial charge in [0, 0.05) is 34.7 Å². The van der Waals surface area contributed by atoms with Crippen molar-refractivity contribution in [2.45, 2.75) is 12.8 Å². The monoisotopic (exact) mass is 378 g/mol. The van der Waals surface area contributed by atoms with E-state index in [0.717, 1.165) is 36.6 Å². The van der Waals surface area contributed by atoms with Crippen molar-refractivity contribution >= 4 is 40.5 Å². The summed E-state index contributed by atoms with van der Waals surface area (Å²) >= 11 is 12.1. The normalized spacial score (nSPS) is 15.1. The summed E-state index contributed by atoms with van der Waals surface area (Å²) in [5, 5.41) is 4.24. The third-order valence-electron chi connectivity index (χ3n) is 4.46. The van der Waals surface area contributed by atoms with Crippen molar-refractivity contribution in [3.63, 3.8) is 0 Å². The van der Waals surface area contributed by atoms with Gasteiger partial charge in [0.2, 0.25) is 5.91 Å². The molecule has 0 atom stereocenters. The van der Waals surface area contributed by atoms with E-state index in [0.29, 0.717) is 16.5 Å². The third kappa shape index (κ3) is 4.39. The summed E-state index contributed by atoms with van der Waals surface area (Å²) in [4.78, 5) is 14.9. The summed E-state index contributed by atoms with van der Waals surface area (Å²) in [6.45, 7) is 1.65. The second kappa shape index (κ2) is 7.98. The van der Waals surface area contributed by atoms with E-state index >= 15 is 0 Å². The van der Waals surface area contributed by atoms with Gasteiger partial charge in [-0.05, 0) is 49.2 Å². The zero-order valence-electron chi connectivity index (χ0n) is 14.0. The van der Waals surface area contributed by atoms with E-state index in [4.69, 9.17) is 27.9 Å². The number of carbonyl (C=O) groups excluding carboxylic acids is 1. The summed E-state index contributed by atoms with van der Waals surface area (Å²) < 4.78 is 5.28. The van der Waals surface area contributed by atoms with Gasteiger partial charge < -0.3 is 15.0 Å². The van der Waals surface area contributed by atoms with Gasteiger partial charge in [0.05, 0.1) is 12.8 Å². The number of halogens is 2. The lowest BCUT2D eigenvalue weighted by Crippen LogP contribution is -2.38. The first-order chi connectivity index (χ1) is 12.1. The van der Waals surface area contributed by atoms with Gasteiger partial charge in [0.1, 0.15) is 5.75 Å². The first-order valence-corrected chi connectivity index (χ1v) is 8.97. The van der Waals surface area contributed by atoms with Crippen molar-refractivity contribution in [1.82, 2.24) is 0 Å². The van der Waals surface area contributed by atoms with Crippen LogP contribution in [-0.2, 0) is 4.79 Å². The molecule has 0 unspecified atom stereocenters. The molecule has 1 aliphatic heterocycles. The molecule has 2 aromatic rings. The Morgan fingerprint density at radius 3 is 2.52 bits per heavy atom. The number of benzene rings is 2. The standard InChI is InChI=1S/C19H20Cl2N2O2/c1-25-18-6-5-15(21)12-17(18)22-19(24)13-7-9-23(10-8-13)16-4-2-3-14(20)11-16/h2-6,11-13H,7-10H2,1H3,(H,22,24). The molecular formula is C19H20Cl2N2O2. The number of methoxy groups -OCH3 is 1. The van der Waals surface area contributed by atoms with Crippen molar-refractivity contribution in [3.8, 4) is 5.75 Å². The van der Waals surface area contributed by atoms with Gasteiger partial charge in [-0.1, -0.05) is 29.3 Å². The molecule has 0 bridgehead atoms. The molecule has 1 N–H and O–H groups in total. The zero-order valence-corrected chi connectivity index (χ0v) is 15.5. The molecule has 4 nitrogen and oxygen atoms in total. The first kappa shape index (κ1) is 17.9. The second-order valence-electron chi connectivity index (χ2n) is 6.08. The van der Waals surface area contributed by atoms with Crippen LogP contribution in [-0.4, -0.2) is 26.1 Å². The fraction of sp³-hybridized carbons (Fsp3) is 0.316. The first-order valence-electron chi connectivity index (χ1n) is 8.22. The number of rotatable bonds is 4. The van der Waals surface area contributed by atoms with E-state index < -0.39 is 0 Å². The van der Waals surface area contributed by atoms with Crippen molar-refractivity contribution < 1.29 is 9.53 Å². The highest BCUT2D eigenvalue weighted by atomic mass is 35.5. The van der Waals surface area contributed by atoms with Gasteiger partial charge in [-0.2, -0.15) is 0 Å². The summed E-state index contributed by atoms with van der Waals surface area (Å²) in [5.74, 6) is 0.583. The number of nitrogens with one attached hydrogen (secondary N) is 1. The maximum Gasteiger partial charge on any atom is 0.227 e. The molecule has 25 heavy (non-hydrogen) atoms. The van der Waals surface area contributed by atoms with Gasteiger partial charge in [0.25, 0.3) is 0 Å². The molecule has 6 heteroatoms. The number of piperidine rings is 1. The largest absolute Gasteiger partial charge is 0.495 e. The Kier molecular flexibility index (Phi) is 5.71. The summed E-state index contributed by atoms with van der Waals surface area (Å²) in [5.41, 5.74) is 1.71. The van der Waals surface area contributed by atoms with Gasteiger partial charge in [-0.15, -0.1) is 0 Å². The maximum atomic E-state index is 12.6. The molecule has 0 radical (unpaired) electrons. The Labute approximate surface area is 157 Å². The van der Waals surface area contributed by atoms with Gasteiger partial charge in [-0.3, -0.25) is 4.79 Å². The molecule has 0 spiro atoms. The lowest BCUT2D eigenvalue weighted by atomic mass is 9.95. The molecule has 0 aliphatic carbocycles. The van der Waals surface area contributed by atoms with E-state index in [1.54, 1.807) is 25.3 Å². The quantitative estimate of drug-likeness (QED) is 0.825. The van der Waals surface area contributed by atoms with Crippen LogP contribution in [0.3, 0.4) is 0 Å². The van der Waals surface area contributed by atoms with Crippen molar-refractivity contribution in [1.29, 1.82) is 0 Å². The molecule has 1 fully saturated rings. The summed E-state index contributed by atoms with van der Waals surface area (Å²) in [6.07, 6.45) is 1.59. The Bertz CT molecular complexity index is 759. The van der Waals surface area contributed by atoms with E-state index in [9.17, 15) is 4.79 Å². The van der Waals surface area contributed by atoms with E-state index in [1.807, 2.05) is 24.3 Å². The summed E-state index contributed by atoms with van der Waals surface area (Å²) in [6, 6.07) is 13.0. The molecule has 0 saturated carbocycles. The summed E-state index contributed by atoms with van der Waals surface area (Å²) in [7, 11) is 1.57. The minimum Gasteiger partial charge on any atom is -0.495 e. The molecule has 3 rings (SSSR count). The van der Waals surface area contributed by atoms with Crippen LogP contribution in [0.15, 0.2) is 42.5 Å². The maximum absolute atomic E-state index is 12.6. The lowest BCUT2D eigenvalue weighted by Gasteiger charge is -2.33. The number of amides is 1. The van der Waals surface area contributed by atoms with Crippen molar-refractivity contribution in [2.24, 2.45) is 5.92 Å². The van der Waals surface area contributed by atoms with Crippen LogP contribution in [0.1, 0.15) is 12.8 Å². The minimum atomic E-state index is -0.0286. The Balaban J connectivity index is 1.61. The average Bonchev–Trinajstić information content (AvgIpc) is 2.62. The van der Waals surface area contributed by atoms with Gasteiger partial charge in [0.15, 0.2) is 0 Å². The van der Waals surface area contributed by atoms with Crippen molar-refractivity contribution in [2.75, 3.05) is 30.4 Å². The van der Waals surface area contributed by atoms with Crippen LogP contribution >= 0.6 is 23.2 Å². The van der Waals surface area contributed by atoms with Gasteiger partial charge >= 0.3 is 0 Å². The van der Waals surface area contributed by atoms with E-state index in [2.05, 4.69) is 10.2 Å². The fourth-order valence-corrected chi connectivity index (χ4v) is 3.44. The van der Waals surface area contributed by atoms with Crippen LogP contribution in [0.25, 0.3) is 0 Å². The SMILES string of the molecule is COc1ccc(Cl)cc1NC(=O)C1CCN(c2cccc(Cl)c2)CC1. The molecule has 2 aromatic carbocycles. The highest BCUT2D eigenvalue weighted by Gasteiger charge is 2.26. The van der Waals surface area contributed by atoms with E-state index in [1.165, 1.54) is 0 Å². The zero-order chi connectivity index (χ0) is 17.8. The van der Waals surface area contributed by atoms with E-state index in [-0.39, 0.29) is 11.8 Å². The van der Waals surface area contributed by atoms with Crippen molar-refractivity contribution in [3.05, 3.63) is 52.5 Å². The lowest BCUT2D eigenvalue weighted by molar-refractivity contribution is -0.120. The topological polar surface area (TPSA) is 41.6 Å². The predicted molar refractivity (Wildman–Crippen MR) is 103 cm³/mol. The molecule has 132 valence electrons. The third-order valence-corrected chi connectivity index (χ3v) is 4.93. The minimum absolute atomic E-state index is 0.00584. The van der Waals surface area contributed by atoms with Crippen LogP contribution in [0.5, 0.6) is 5.75 Å². The molecule has 1 heterocycles. The highest BCUT2D eigenvalue weighted by Crippen LogP contribution is 2.30. The number of hydrogen-bond acceptors (Lipinski definition) is 3. The second-order valence-corrected chi connectivity index (χ2v) is 6.95. The molecular weight excluding hydrogens is 359 g/mol. The molecule has 1 amide bonds. The van der Waals surface area contributed by atoms with Crippen LogP contribution < -0.4 is 15.0 Å². The number of carbonyl (C=O) groups is 1. The molecule has 1 aliphatic rings. The average molecular weight is 379 g/mol. The van der Waals surface area contributed by atoms with Crippen LogP contribution in [0.4, 0.5) is 11.4 Å². The Hall–Kier alpha value is -1.91. The number of anilines is 2. The number of ether oxygens (including phenoxy) is 1. The predicted octanol–water partition coefficient (Wildman–Crippen LogP) is 4.86. The highest BCUT2D eigenvalue weighted by molar-refractivity contribution is 6.31.